The van der Waals surface area contributed by atoms with Crippen molar-refractivity contribution in [3.05, 3.63) is 11.6 Å². The third-order valence-corrected chi connectivity index (χ3v) is 3.80. The van der Waals surface area contributed by atoms with Gasteiger partial charge in [-0.1, -0.05) is 18.1 Å². The van der Waals surface area contributed by atoms with Crippen molar-refractivity contribution in [2.24, 2.45) is 0 Å². The molecule has 3 heteroatoms. The number of nitrogens with one attached hydrogen (secondary N) is 1. The number of amides is 1. The fourth-order valence-electron chi connectivity index (χ4n) is 2.75. The summed E-state index contributed by atoms with van der Waals surface area (Å²) in [5, 5.41) is 3.50. The lowest BCUT2D eigenvalue weighted by molar-refractivity contribution is -0.131. The van der Waals surface area contributed by atoms with Gasteiger partial charge in [-0.15, -0.1) is 0 Å². The van der Waals surface area contributed by atoms with E-state index in [2.05, 4.69) is 18.3 Å². The molecule has 0 aromatic carbocycles. The Hall–Kier alpha value is -0.830. The van der Waals surface area contributed by atoms with E-state index in [9.17, 15) is 4.79 Å². The van der Waals surface area contributed by atoms with Crippen LogP contribution >= 0.6 is 0 Å². The summed E-state index contributed by atoms with van der Waals surface area (Å²) >= 11 is 0. The molecule has 17 heavy (non-hydrogen) atoms. The molecule has 0 saturated carbocycles. The minimum atomic E-state index is 0.338. The largest absolute Gasteiger partial charge is 0.338 e. The third kappa shape index (κ3) is 3.84. The maximum atomic E-state index is 12.1. The van der Waals surface area contributed by atoms with Crippen molar-refractivity contribution in [1.82, 2.24) is 10.2 Å². The molecule has 0 spiro atoms. The van der Waals surface area contributed by atoms with Crippen LogP contribution in [-0.4, -0.2) is 36.5 Å². The van der Waals surface area contributed by atoms with E-state index in [1.807, 2.05) is 4.90 Å². The monoisotopic (exact) mass is 236 g/mol. The molecule has 1 atom stereocenters. The summed E-state index contributed by atoms with van der Waals surface area (Å²) in [6, 6.07) is 0.578. The van der Waals surface area contributed by atoms with Crippen LogP contribution in [0.5, 0.6) is 0 Å². The highest BCUT2D eigenvalue weighted by Gasteiger charge is 2.19. The van der Waals surface area contributed by atoms with Crippen molar-refractivity contribution < 1.29 is 4.79 Å². The molecule has 1 N–H and O–H groups in total. The zero-order chi connectivity index (χ0) is 12.1. The van der Waals surface area contributed by atoms with Crippen LogP contribution in [0.25, 0.3) is 0 Å². The van der Waals surface area contributed by atoms with Crippen molar-refractivity contribution in [1.29, 1.82) is 0 Å². The van der Waals surface area contributed by atoms with Gasteiger partial charge < -0.3 is 10.2 Å². The Morgan fingerprint density at radius 1 is 1.53 bits per heavy atom. The van der Waals surface area contributed by atoms with E-state index in [1.54, 1.807) is 0 Å². The van der Waals surface area contributed by atoms with Gasteiger partial charge >= 0.3 is 0 Å². The van der Waals surface area contributed by atoms with Gasteiger partial charge in [0.1, 0.15) is 0 Å². The number of carbonyl (C=O) groups is 1. The van der Waals surface area contributed by atoms with Crippen molar-refractivity contribution in [2.45, 2.75) is 51.5 Å². The van der Waals surface area contributed by atoms with E-state index in [-0.39, 0.29) is 0 Å². The van der Waals surface area contributed by atoms with Crippen molar-refractivity contribution in [3.8, 4) is 0 Å². The van der Waals surface area contributed by atoms with Crippen LogP contribution in [0.4, 0.5) is 0 Å². The molecule has 0 bridgehead atoms. The number of hydrogen-bond donors (Lipinski definition) is 1. The van der Waals surface area contributed by atoms with Crippen LogP contribution in [0, 0.1) is 0 Å². The number of rotatable bonds is 3. The fourth-order valence-corrected chi connectivity index (χ4v) is 2.75. The Labute approximate surface area is 104 Å². The number of hydrogen-bond acceptors (Lipinski definition) is 2. The highest BCUT2D eigenvalue weighted by molar-refractivity contribution is 5.76. The molecule has 0 radical (unpaired) electrons. The maximum absolute atomic E-state index is 12.1. The first kappa shape index (κ1) is 12.6. The quantitative estimate of drug-likeness (QED) is 0.761. The van der Waals surface area contributed by atoms with Crippen molar-refractivity contribution >= 4 is 5.91 Å². The average Bonchev–Trinajstić information content (AvgIpc) is 2.37. The Kier molecular flexibility index (Phi) is 4.60. The normalized spacial score (nSPS) is 25.6. The van der Waals surface area contributed by atoms with Gasteiger partial charge in [0.15, 0.2) is 0 Å². The zero-order valence-corrected chi connectivity index (χ0v) is 10.9. The van der Waals surface area contributed by atoms with Crippen LogP contribution in [0.1, 0.15) is 45.4 Å². The van der Waals surface area contributed by atoms with E-state index in [4.69, 9.17) is 0 Å². The minimum Gasteiger partial charge on any atom is -0.338 e. The molecule has 1 amide bonds. The van der Waals surface area contributed by atoms with Gasteiger partial charge in [-0.2, -0.15) is 0 Å². The zero-order valence-electron chi connectivity index (χ0n) is 10.9. The van der Waals surface area contributed by atoms with Gasteiger partial charge in [0, 0.05) is 25.6 Å². The molecule has 2 aliphatic rings. The molecule has 0 aliphatic carbocycles. The number of nitrogens with zero attached hydrogens (tertiary/aromatic N) is 1. The number of carbonyl (C=O) groups excluding carboxylic acids is 1. The second-order valence-corrected chi connectivity index (χ2v) is 5.34. The van der Waals surface area contributed by atoms with Gasteiger partial charge in [-0.25, -0.2) is 0 Å². The summed E-state index contributed by atoms with van der Waals surface area (Å²) in [7, 11) is 0. The molecule has 2 heterocycles. The first-order valence-electron chi connectivity index (χ1n) is 6.92. The highest BCUT2D eigenvalue weighted by Crippen LogP contribution is 2.15. The van der Waals surface area contributed by atoms with Crippen LogP contribution in [0.15, 0.2) is 11.6 Å². The van der Waals surface area contributed by atoms with Crippen LogP contribution in [0.3, 0.4) is 0 Å². The Morgan fingerprint density at radius 3 is 3.12 bits per heavy atom. The maximum Gasteiger partial charge on any atom is 0.222 e. The first-order chi connectivity index (χ1) is 8.25. The number of piperidine rings is 1. The second kappa shape index (κ2) is 6.20. The molecule has 2 rings (SSSR count). The van der Waals surface area contributed by atoms with E-state index in [1.165, 1.54) is 24.8 Å². The van der Waals surface area contributed by atoms with Gasteiger partial charge in [0.05, 0.1) is 0 Å². The smallest absolute Gasteiger partial charge is 0.222 e. The molecule has 96 valence electrons. The SMILES string of the molecule is CC1=CCCN(C(=O)CCC2CCCCN2)C1. The standard InChI is InChI=1S/C14H24N2O/c1-12-5-4-10-16(11-12)14(17)8-7-13-6-2-3-9-15-13/h5,13,15H,2-4,6-11H2,1H3. The first-order valence-corrected chi connectivity index (χ1v) is 6.92. The molecule has 0 aromatic rings. The topological polar surface area (TPSA) is 32.3 Å². The van der Waals surface area contributed by atoms with Gasteiger partial charge in [0.25, 0.3) is 0 Å². The molecular weight excluding hydrogens is 212 g/mol. The van der Waals surface area contributed by atoms with Crippen molar-refractivity contribution in [2.75, 3.05) is 19.6 Å². The lowest BCUT2D eigenvalue weighted by Crippen LogP contribution is -2.38. The molecule has 0 aromatic heterocycles. The predicted octanol–water partition coefficient (Wildman–Crippen LogP) is 2.09. The Morgan fingerprint density at radius 2 is 2.41 bits per heavy atom. The van der Waals surface area contributed by atoms with Crippen LogP contribution in [-0.2, 0) is 4.79 Å². The molecule has 1 unspecified atom stereocenters. The summed E-state index contributed by atoms with van der Waals surface area (Å²) in [5.41, 5.74) is 1.33. The van der Waals surface area contributed by atoms with Gasteiger partial charge in [-0.3, -0.25) is 4.79 Å². The van der Waals surface area contributed by atoms with Crippen LogP contribution < -0.4 is 5.32 Å². The lowest BCUT2D eigenvalue weighted by atomic mass is 10.00. The van der Waals surface area contributed by atoms with Crippen LogP contribution in [0.2, 0.25) is 0 Å². The van der Waals surface area contributed by atoms with E-state index < -0.39 is 0 Å². The lowest BCUT2D eigenvalue weighted by Gasteiger charge is -2.28. The highest BCUT2D eigenvalue weighted by atomic mass is 16.2. The fraction of sp³-hybridized carbons (Fsp3) is 0.786. The van der Waals surface area contributed by atoms with E-state index in [0.29, 0.717) is 18.4 Å². The summed E-state index contributed by atoms with van der Waals surface area (Å²) in [6.45, 7) is 5.00. The predicted molar refractivity (Wildman–Crippen MR) is 69.8 cm³/mol. The molecule has 1 saturated heterocycles. The van der Waals surface area contributed by atoms with Gasteiger partial charge in [0.2, 0.25) is 5.91 Å². The summed E-state index contributed by atoms with van der Waals surface area (Å²) in [4.78, 5) is 14.1. The van der Waals surface area contributed by atoms with Crippen molar-refractivity contribution in [3.63, 3.8) is 0 Å². The van der Waals surface area contributed by atoms with E-state index in [0.717, 1.165) is 32.5 Å². The Bertz CT molecular complexity index is 293. The third-order valence-electron chi connectivity index (χ3n) is 3.80. The summed E-state index contributed by atoms with van der Waals surface area (Å²) in [5.74, 6) is 0.338. The van der Waals surface area contributed by atoms with E-state index >= 15 is 0 Å². The minimum absolute atomic E-state index is 0.338. The summed E-state index contributed by atoms with van der Waals surface area (Å²) < 4.78 is 0. The molecule has 1 fully saturated rings. The molecule has 2 aliphatic heterocycles. The average molecular weight is 236 g/mol. The van der Waals surface area contributed by atoms with Gasteiger partial charge in [-0.05, 0) is 39.2 Å². The second-order valence-electron chi connectivity index (χ2n) is 5.34. The Balaban J connectivity index is 1.71. The summed E-state index contributed by atoms with van der Waals surface area (Å²) in [6.07, 6.45) is 8.85. The molecular formula is C14H24N2O. The molecule has 3 nitrogen and oxygen atoms in total.